The van der Waals surface area contributed by atoms with Crippen LogP contribution in [0.3, 0.4) is 0 Å². The van der Waals surface area contributed by atoms with Crippen molar-refractivity contribution in [3.63, 3.8) is 0 Å². The predicted octanol–water partition coefficient (Wildman–Crippen LogP) is 3.13. The van der Waals surface area contributed by atoms with E-state index in [1.807, 2.05) is 12.1 Å². The van der Waals surface area contributed by atoms with Gasteiger partial charge in [0.25, 0.3) is 0 Å². The number of hydrogen-bond acceptors (Lipinski definition) is 3. The summed E-state index contributed by atoms with van der Waals surface area (Å²) in [5, 5.41) is 2.34. The van der Waals surface area contributed by atoms with E-state index >= 15 is 0 Å². The second-order valence-electron chi connectivity index (χ2n) is 5.91. The molecule has 0 atom stereocenters. The summed E-state index contributed by atoms with van der Waals surface area (Å²) >= 11 is 0. The third-order valence-corrected chi connectivity index (χ3v) is 4.36. The van der Waals surface area contributed by atoms with Gasteiger partial charge < -0.3 is 9.32 Å². The monoisotopic (exact) mass is 279 g/mol. The molecule has 1 aliphatic heterocycles. The fourth-order valence-electron chi connectivity index (χ4n) is 3.04. The number of nitrogens with zero attached hydrogens (tertiary/aromatic N) is 2. The fourth-order valence-corrected chi connectivity index (χ4v) is 3.04. The highest BCUT2D eigenvalue weighted by Crippen LogP contribution is 2.29. The lowest BCUT2D eigenvalue weighted by Gasteiger charge is -2.32. The Morgan fingerprint density at radius 3 is 2.71 bits per heavy atom. The maximum absolute atomic E-state index is 5.95. The van der Waals surface area contributed by atoms with Crippen molar-refractivity contribution in [2.45, 2.75) is 6.54 Å². The minimum absolute atomic E-state index is 0.956. The van der Waals surface area contributed by atoms with Crippen LogP contribution in [0.5, 0.6) is 0 Å². The molecule has 1 saturated heterocycles. The maximum Gasteiger partial charge on any atom is 0.135 e. The van der Waals surface area contributed by atoms with Gasteiger partial charge in [-0.3, -0.25) is 4.90 Å². The van der Waals surface area contributed by atoms with Crippen molar-refractivity contribution < 1.29 is 4.42 Å². The van der Waals surface area contributed by atoms with Gasteiger partial charge in [-0.2, -0.15) is 0 Å². The van der Waals surface area contributed by atoms with E-state index in [1.165, 1.54) is 10.9 Å². The Morgan fingerprint density at radius 2 is 1.86 bits per heavy atom. The molecular weight excluding hydrogens is 260 g/mol. The van der Waals surface area contributed by atoms with E-state index in [4.69, 9.17) is 4.42 Å². The molecule has 0 bridgehead atoms. The van der Waals surface area contributed by atoms with Gasteiger partial charge >= 0.3 is 0 Å². The van der Waals surface area contributed by atoms with Crippen molar-refractivity contribution >= 4 is 21.9 Å². The molecule has 4 rings (SSSR count). The molecule has 1 radical (unpaired) electrons. The summed E-state index contributed by atoms with van der Waals surface area (Å²) in [5.41, 5.74) is 3.14. The second-order valence-corrected chi connectivity index (χ2v) is 5.91. The van der Waals surface area contributed by atoms with Crippen LogP contribution in [0.2, 0.25) is 0 Å². The van der Waals surface area contributed by atoms with E-state index in [2.05, 4.69) is 47.2 Å². The Morgan fingerprint density at radius 1 is 1.05 bits per heavy atom. The highest BCUT2D eigenvalue weighted by Gasteiger charge is 2.14. The molecule has 0 spiro atoms. The van der Waals surface area contributed by atoms with Gasteiger partial charge in [-0.1, -0.05) is 18.2 Å². The average Bonchev–Trinajstić information content (AvgIpc) is 2.87. The van der Waals surface area contributed by atoms with Gasteiger partial charge in [0.1, 0.15) is 11.2 Å². The van der Waals surface area contributed by atoms with Crippen molar-refractivity contribution in [3.05, 3.63) is 48.0 Å². The molecule has 21 heavy (non-hydrogen) atoms. The number of fused-ring (bicyclic) bond motifs is 3. The number of furan rings is 1. The SMILES string of the molecule is CN1CCN(Cc2[c]cc3c(c2)oc2ccccc23)CC1. The average molecular weight is 279 g/mol. The first-order chi connectivity index (χ1) is 10.3. The molecule has 0 N–H and O–H groups in total. The van der Waals surface area contributed by atoms with Gasteiger partial charge in [-0.15, -0.1) is 0 Å². The van der Waals surface area contributed by atoms with E-state index in [1.54, 1.807) is 0 Å². The molecule has 1 fully saturated rings. The van der Waals surface area contributed by atoms with E-state index in [-0.39, 0.29) is 0 Å². The number of para-hydroxylation sites is 1. The molecule has 0 unspecified atom stereocenters. The first-order valence-corrected chi connectivity index (χ1v) is 7.52. The van der Waals surface area contributed by atoms with Crippen LogP contribution in [-0.2, 0) is 6.54 Å². The molecule has 0 saturated carbocycles. The molecule has 1 aliphatic rings. The Bertz CT molecular complexity index is 769. The van der Waals surface area contributed by atoms with Crippen molar-refractivity contribution in [3.8, 4) is 0 Å². The van der Waals surface area contributed by atoms with Crippen molar-refractivity contribution in [2.24, 2.45) is 0 Å². The van der Waals surface area contributed by atoms with Crippen molar-refractivity contribution in [1.29, 1.82) is 0 Å². The van der Waals surface area contributed by atoms with Crippen LogP contribution >= 0.6 is 0 Å². The zero-order chi connectivity index (χ0) is 14.2. The van der Waals surface area contributed by atoms with Gasteiger partial charge in [-0.25, -0.2) is 0 Å². The lowest BCUT2D eigenvalue weighted by molar-refractivity contribution is 0.148. The van der Waals surface area contributed by atoms with Crippen LogP contribution in [-0.4, -0.2) is 43.0 Å². The smallest absolute Gasteiger partial charge is 0.135 e. The van der Waals surface area contributed by atoms with Gasteiger partial charge in [0.2, 0.25) is 0 Å². The molecule has 3 heteroatoms. The zero-order valence-corrected chi connectivity index (χ0v) is 12.3. The fraction of sp³-hybridized carbons (Fsp3) is 0.333. The standard InChI is InChI=1S/C18H19N2O/c1-19-8-10-20(11-9-19)13-14-6-7-16-15-4-2-3-5-17(15)21-18(16)12-14/h2-5,7,12H,8-11,13H2,1H3. The number of hydrogen-bond donors (Lipinski definition) is 0. The van der Waals surface area contributed by atoms with Gasteiger partial charge in [0.15, 0.2) is 0 Å². The normalized spacial score (nSPS) is 17.8. The summed E-state index contributed by atoms with van der Waals surface area (Å²) in [6, 6.07) is 15.8. The van der Waals surface area contributed by atoms with Crippen LogP contribution in [0.1, 0.15) is 5.56 Å². The summed E-state index contributed by atoms with van der Waals surface area (Å²) in [5.74, 6) is 0. The number of likely N-dealkylation sites (N-methyl/N-ethyl adjacent to an activating group) is 1. The van der Waals surface area contributed by atoms with Crippen LogP contribution < -0.4 is 0 Å². The van der Waals surface area contributed by atoms with Crippen molar-refractivity contribution in [2.75, 3.05) is 33.2 Å². The molecular formula is C18H19N2O. The molecule has 2 heterocycles. The molecule has 107 valence electrons. The summed E-state index contributed by atoms with van der Waals surface area (Å²) in [4.78, 5) is 4.86. The molecule has 3 aromatic rings. The Labute approximate surface area is 124 Å². The first kappa shape index (κ1) is 12.9. The second kappa shape index (κ2) is 5.17. The number of benzene rings is 2. The first-order valence-electron chi connectivity index (χ1n) is 7.52. The van der Waals surface area contributed by atoms with Gasteiger partial charge in [0, 0.05) is 43.5 Å². The van der Waals surface area contributed by atoms with E-state index < -0.39 is 0 Å². The summed E-state index contributed by atoms with van der Waals surface area (Å²) in [6.07, 6.45) is 0. The molecule has 3 nitrogen and oxygen atoms in total. The lowest BCUT2D eigenvalue weighted by atomic mass is 10.1. The third-order valence-electron chi connectivity index (χ3n) is 4.36. The third kappa shape index (κ3) is 2.43. The molecule has 0 aliphatic carbocycles. The molecule has 0 amide bonds. The van der Waals surface area contributed by atoms with Crippen LogP contribution in [0.25, 0.3) is 21.9 Å². The van der Waals surface area contributed by atoms with Crippen LogP contribution in [0.15, 0.2) is 40.8 Å². The lowest BCUT2D eigenvalue weighted by Crippen LogP contribution is -2.43. The summed E-state index contributed by atoms with van der Waals surface area (Å²) < 4.78 is 5.95. The molecule has 2 aromatic carbocycles. The number of piperazine rings is 1. The van der Waals surface area contributed by atoms with E-state index in [0.29, 0.717) is 0 Å². The number of rotatable bonds is 2. The quantitative estimate of drug-likeness (QED) is 0.718. The minimum Gasteiger partial charge on any atom is -0.456 e. The van der Waals surface area contributed by atoms with Gasteiger partial charge in [-0.05, 0) is 36.9 Å². The predicted molar refractivity (Wildman–Crippen MR) is 85.3 cm³/mol. The summed E-state index contributed by atoms with van der Waals surface area (Å²) in [6.45, 7) is 5.51. The Hall–Kier alpha value is -1.84. The zero-order valence-electron chi connectivity index (χ0n) is 12.3. The molecule has 1 aromatic heterocycles. The van der Waals surface area contributed by atoms with Gasteiger partial charge in [0.05, 0.1) is 0 Å². The topological polar surface area (TPSA) is 19.6 Å². The van der Waals surface area contributed by atoms with Crippen LogP contribution in [0.4, 0.5) is 0 Å². The van der Waals surface area contributed by atoms with E-state index in [0.717, 1.165) is 49.3 Å². The van der Waals surface area contributed by atoms with Crippen molar-refractivity contribution in [1.82, 2.24) is 9.80 Å². The maximum atomic E-state index is 5.95. The Balaban J connectivity index is 1.63. The highest BCUT2D eigenvalue weighted by molar-refractivity contribution is 6.04. The highest BCUT2D eigenvalue weighted by atomic mass is 16.3. The largest absolute Gasteiger partial charge is 0.456 e. The van der Waals surface area contributed by atoms with E-state index in [9.17, 15) is 0 Å². The van der Waals surface area contributed by atoms with Crippen LogP contribution in [0, 0.1) is 6.07 Å². The Kier molecular flexibility index (Phi) is 3.17. The summed E-state index contributed by atoms with van der Waals surface area (Å²) in [7, 11) is 2.18. The minimum atomic E-state index is 0.956.